The van der Waals surface area contributed by atoms with Crippen LogP contribution in [0.3, 0.4) is 0 Å². The number of aromatic nitrogens is 4. The van der Waals surface area contributed by atoms with E-state index in [0.29, 0.717) is 24.1 Å². The SMILES string of the molecule is CCn1c(=O)c2c(N)nn(C)c2n(CC)c1=O.Cl. The van der Waals surface area contributed by atoms with Gasteiger partial charge in [-0.05, 0) is 13.8 Å². The number of halogens is 1. The topological polar surface area (TPSA) is 87.8 Å². The van der Waals surface area contributed by atoms with Crippen molar-refractivity contribution in [2.24, 2.45) is 7.05 Å². The minimum Gasteiger partial charge on any atom is -0.381 e. The fourth-order valence-electron chi connectivity index (χ4n) is 2.07. The number of rotatable bonds is 2. The molecular formula is C10H16ClN5O2. The van der Waals surface area contributed by atoms with Gasteiger partial charge in [0, 0.05) is 20.1 Å². The number of aryl methyl sites for hydroxylation is 2. The lowest BCUT2D eigenvalue weighted by molar-refractivity contribution is 0.595. The van der Waals surface area contributed by atoms with Crippen LogP contribution in [0.5, 0.6) is 0 Å². The summed E-state index contributed by atoms with van der Waals surface area (Å²) in [7, 11) is 1.67. The summed E-state index contributed by atoms with van der Waals surface area (Å²) in [6, 6.07) is 0. The molecule has 7 nitrogen and oxygen atoms in total. The molecule has 100 valence electrons. The van der Waals surface area contributed by atoms with Crippen molar-refractivity contribution in [3.05, 3.63) is 20.8 Å². The highest BCUT2D eigenvalue weighted by molar-refractivity contribution is 5.86. The Morgan fingerprint density at radius 1 is 1.17 bits per heavy atom. The van der Waals surface area contributed by atoms with Gasteiger partial charge in [0.1, 0.15) is 11.0 Å². The van der Waals surface area contributed by atoms with Crippen molar-refractivity contribution >= 4 is 29.3 Å². The third-order valence-electron chi connectivity index (χ3n) is 2.85. The smallest absolute Gasteiger partial charge is 0.332 e. The summed E-state index contributed by atoms with van der Waals surface area (Å²) in [5, 5.41) is 4.31. The maximum Gasteiger partial charge on any atom is 0.332 e. The molecular weight excluding hydrogens is 258 g/mol. The average Bonchev–Trinajstić information content (AvgIpc) is 2.56. The van der Waals surface area contributed by atoms with Crippen molar-refractivity contribution in [3.8, 4) is 0 Å². The molecule has 0 aliphatic heterocycles. The Morgan fingerprint density at radius 2 is 1.72 bits per heavy atom. The predicted molar refractivity (Wildman–Crippen MR) is 72.2 cm³/mol. The van der Waals surface area contributed by atoms with Crippen LogP contribution in [0.1, 0.15) is 13.8 Å². The molecule has 0 aliphatic carbocycles. The maximum atomic E-state index is 12.1. The van der Waals surface area contributed by atoms with Gasteiger partial charge in [0.2, 0.25) is 0 Å². The summed E-state index contributed by atoms with van der Waals surface area (Å²) in [5.41, 5.74) is 5.50. The molecule has 18 heavy (non-hydrogen) atoms. The van der Waals surface area contributed by atoms with Crippen LogP contribution in [-0.2, 0) is 20.1 Å². The summed E-state index contributed by atoms with van der Waals surface area (Å²) in [4.78, 5) is 24.2. The Morgan fingerprint density at radius 3 is 2.22 bits per heavy atom. The molecule has 0 bridgehead atoms. The van der Waals surface area contributed by atoms with Gasteiger partial charge in [-0.1, -0.05) is 0 Å². The van der Waals surface area contributed by atoms with Gasteiger partial charge in [-0.25, -0.2) is 9.48 Å². The van der Waals surface area contributed by atoms with Gasteiger partial charge in [-0.15, -0.1) is 12.4 Å². The number of hydrogen-bond donors (Lipinski definition) is 1. The summed E-state index contributed by atoms with van der Waals surface area (Å²) in [6.45, 7) is 4.38. The molecule has 2 aromatic heterocycles. The van der Waals surface area contributed by atoms with E-state index >= 15 is 0 Å². The van der Waals surface area contributed by atoms with Gasteiger partial charge in [-0.2, -0.15) is 5.10 Å². The molecule has 0 saturated heterocycles. The highest BCUT2D eigenvalue weighted by Gasteiger charge is 2.17. The van der Waals surface area contributed by atoms with Crippen molar-refractivity contribution in [1.82, 2.24) is 18.9 Å². The van der Waals surface area contributed by atoms with E-state index in [1.807, 2.05) is 6.92 Å². The largest absolute Gasteiger partial charge is 0.381 e. The van der Waals surface area contributed by atoms with Gasteiger partial charge in [-0.3, -0.25) is 13.9 Å². The monoisotopic (exact) mass is 273 g/mol. The quantitative estimate of drug-likeness (QED) is 0.830. The standard InChI is InChI=1S/C10H15N5O2.ClH/c1-4-14-8-6(7(11)12-13(8)3)9(16)15(5-2)10(14)17;/h4-5H2,1-3H3,(H2,11,12);1H. The van der Waals surface area contributed by atoms with Gasteiger partial charge < -0.3 is 5.73 Å². The van der Waals surface area contributed by atoms with Crippen LogP contribution in [0.25, 0.3) is 11.0 Å². The molecule has 0 radical (unpaired) electrons. The van der Waals surface area contributed by atoms with E-state index in [1.54, 1.807) is 14.0 Å². The summed E-state index contributed by atoms with van der Waals surface area (Å²) in [5.74, 6) is 0.164. The summed E-state index contributed by atoms with van der Waals surface area (Å²) >= 11 is 0. The maximum absolute atomic E-state index is 12.1. The predicted octanol–water partition coefficient (Wildman–Crippen LogP) is -0.0595. The minimum atomic E-state index is -0.372. The molecule has 2 rings (SSSR count). The van der Waals surface area contributed by atoms with Crippen molar-refractivity contribution < 1.29 is 0 Å². The lowest BCUT2D eigenvalue weighted by atomic mass is 10.3. The molecule has 2 heterocycles. The number of nitrogens with two attached hydrogens (primary N) is 1. The molecule has 0 spiro atoms. The van der Waals surface area contributed by atoms with E-state index in [0.717, 1.165) is 0 Å². The normalized spacial score (nSPS) is 10.6. The highest BCUT2D eigenvalue weighted by Crippen LogP contribution is 2.13. The van der Waals surface area contributed by atoms with Gasteiger partial charge in [0.05, 0.1) is 0 Å². The zero-order valence-electron chi connectivity index (χ0n) is 10.5. The second-order valence-corrected chi connectivity index (χ2v) is 3.78. The Balaban J connectivity index is 0.00000162. The first-order chi connectivity index (χ1) is 8.02. The van der Waals surface area contributed by atoms with Crippen LogP contribution in [-0.4, -0.2) is 18.9 Å². The molecule has 0 atom stereocenters. The van der Waals surface area contributed by atoms with Crippen LogP contribution < -0.4 is 17.0 Å². The number of nitrogen functional groups attached to an aromatic ring is 1. The zero-order valence-corrected chi connectivity index (χ0v) is 11.3. The molecule has 0 unspecified atom stereocenters. The van der Waals surface area contributed by atoms with E-state index in [9.17, 15) is 9.59 Å². The first-order valence-corrected chi connectivity index (χ1v) is 5.48. The van der Waals surface area contributed by atoms with Crippen LogP contribution in [0, 0.1) is 0 Å². The second kappa shape index (κ2) is 4.85. The molecule has 0 saturated carbocycles. The van der Waals surface area contributed by atoms with Gasteiger partial charge in [0.25, 0.3) is 5.56 Å². The number of fused-ring (bicyclic) bond motifs is 1. The highest BCUT2D eigenvalue weighted by atomic mass is 35.5. The fourth-order valence-corrected chi connectivity index (χ4v) is 2.07. The average molecular weight is 274 g/mol. The van der Waals surface area contributed by atoms with Crippen LogP contribution in [0.4, 0.5) is 5.82 Å². The molecule has 0 amide bonds. The van der Waals surface area contributed by atoms with E-state index in [4.69, 9.17) is 5.73 Å². The number of nitrogens with zero attached hydrogens (tertiary/aromatic N) is 4. The molecule has 0 fully saturated rings. The van der Waals surface area contributed by atoms with Crippen molar-refractivity contribution in [2.45, 2.75) is 26.9 Å². The fraction of sp³-hybridized carbons (Fsp3) is 0.500. The Kier molecular flexibility index (Phi) is 3.85. The molecule has 8 heteroatoms. The second-order valence-electron chi connectivity index (χ2n) is 3.78. The lowest BCUT2D eigenvalue weighted by Gasteiger charge is -2.09. The third-order valence-corrected chi connectivity index (χ3v) is 2.85. The first kappa shape index (κ1) is 14.3. The van der Waals surface area contributed by atoms with Gasteiger partial charge >= 0.3 is 5.69 Å². The number of anilines is 1. The molecule has 2 N–H and O–H groups in total. The van der Waals surface area contributed by atoms with E-state index in [2.05, 4.69) is 5.10 Å². The van der Waals surface area contributed by atoms with Gasteiger partial charge in [0.15, 0.2) is 5.82 Å². The van der Waals surface area contributed by atoms with Crippen LogP contribution in [0.15, 0.2) is 9.59 Å². The van der Waals surface area contributed by atoms with Crippen LogP contribution in [0.2, 0.25) is 0 Å². The first-order valence-electron chi connectivity index (χ1n) is 5.48. The van der Waals surface area contributed by atoms with E-state index < -0.39 is 0 Å². The Bertz CT molecular complexity index is 697. The van der Waals surface area contributed by atoms with Crippen LogP contribution >= 0.6 is 12.4 Å². The summed E-state index contributed by atoms with van der Waals surface area (Å²) < 4.78 is 4.14. The zero-order chi connectivity index (χ0) is 12.7. The number of hydrogen-bond acceptors (Lipinski definition) is 4. The van der Waals surface area contributed by atoms with E-state index in [1.165, 1.54) is 13.8 Å². The van der Waals surface area contributed by atoms with Crippen molar-refractivity contribution in [3.63, 3.8) is 0 Å². The molecule has 2 aromatic rings. The summed E-state index contributed by atoms with van der Waals surface area (Å²) in [6.07, 6.45) is 0. The minimum absolute atomic E-state index is 0. The Hall–Kier alpha value is -1.76. The van der Waals surface area contributed by atoms with Crippen molar-refractivity contribution in [1.29, 1.82) is 0 Å². The van der Waals surface area contributed by atoms with Crippen molar-refractivity contribution in [2.75, 3.05) is 5.73 Å². The van der Waals surface area contributed by atoms with E-state index in [-0.39, 0.29) is 29.5 Å². The molecule has 0 aliphatic rings. The third kappa shape index (κ3) is 1.71. The lowest BCUT2D eigenvalue weighted by Crippen LogP contribution is -2.39. The Labute approximate surface area is 109 Å². The molecule has 0 aromatic carbocycles.